The van der Waals surface area contributed by atoms with Crippen molar-refractivity contribution in [2.45, 2.75) is 18.2 Å². The summed E-state index contributed by atoms with van der Waals surface area (Å²) in [6.45, 7) is 2.53. The Morgan fingerprint density at radius 1 is 1.24 bits per heavy atom. The number of rotatable bonds is 2. The van der Waals surface area contributed by atoms with Gasteiger partial charge in [-0.3, -0.25) is 4.31 Å². The van der Waals surface area contributed by atoms with Gasteiger partial charge in [0.05, 0.1) is 5.69 Å². The lowest BCUT2D eigenvalue weighted by molar-refractivity contribution is 0.544. The van der Waals surface area contributed by atoms with Crippen LogP contribution in [0.3, 0.4) is 0 Å². The fourth-order valence-electron chi connectivity index (χ4n) is 2.62. The monoisotopic (exact) mass is 322 g/mol. The lowest BCUT2D eigenvalue weighted by atomic mass is 9.96. The van der Waals surface area contributed by atoms with Crippen LogP contribution < -0.4 is 4.31 Å². The van der Waals surface area contributed by atoms with Gasteiger partial charge in [-0.2, -0.15) is 0 Å². The maximum absolute atomic E-state index is 12.8. The Morgan fingerprint density at radius 3 is 2.71 bits per heavy atom. The molecular formula is C15H15ClN2O2S. The second-order valence-electron chi connectivity index (χ2n) is 5.29. The fourth-order valence-corrected chi connectivity index (χ4v) is 4.30. The molecule has 0 N–H and O–H groups in total. The Morgan fingerprint density at radius 2 is 2.00 bits per heavy atom. The molecule has 0 saturated heterocycles. The maximum Gasteiger partial charge on any atom is 0.265 e. The number of benzene rings is 1. The van der Waals surface area contributed by atoms with E-state index in [1.54, 1.807) is 0 Å². The first kappa shape index (κ1) is 14.4. The summed E-state index contributed by atoms with van der Waals surface area (Å²) in [6.07, 6.45) is 2.20. The summed E-state index contributed by atoms with van der Waals surface area (Å²) in [5.74, 6) is 0.273. The molecule has 2 aromatic rings. The number of anilines is 1. The van der Waals surface area contributed by atoms with Gasteiger partial charge in [0.1, 0.15) is 10.0 Å². The van der Waals surface area contributed by atoms with Gasteiger partial charge in [0.15, 0.2) is 0 Å². The number of fused-ring (bicyclic) bond motifs is 1. The molecule has 0 bridgehead atoms. The second-order valence-corrected chi connectivity index (χ2v) is 7.54. The normalized spacial score (nSPS) is 18.4. The summed E-state index contributed by atoms with van der Waals surface area (Å²) in [6, 6.07) is 10.6. The number of pyridine rings is 1. The topological polar surface area (TPSA) is 50.3 Å². The van der Waals surface area contributed by atoms with Crippen molar-refractivity contribution in [3.05, 3.63) is 53.3 Å². The highest BCUT2D eigenvalue weighted by molar-refractivity contribution is 7.92. The zero-order valence-corrected chi connectivity index (χ0v) is 13.1. The van der Waals surface area contributed by atoms with Crippen molar-refractivity contribution in [1.82, 2.24) is 4.98 Å². The highest BCUT2D eigenvalue weighted by Crippen LogP contribution is 2.33. The van der Waals surface area contributed by atoms with Crippen molar-refractivity contribution in [2.24, 2.45) is 5.92 Å². The number of hydrogen-bond acceptors (Lipinski definition) is 3. The summed E-state index contributed by atoms with van der Waals surface area (Å²) in [5, 5.41) is 0.279. The van der Waals surface area contributed by atoms with Crippen LogP contribution in [0.25, 0.3) is 0 Å². The van der Waals surface area contributed by atoms with Gasteiger partial charge in [0, 0.05) is 12.7 Å². The van der Waals surface area contributed by atoms with E-state index in [2.05, 4.69) is 11.9 Å². The molecule has 0 spiro atoms. The molecule has 1 aromatic heterocycles. The summed E-state index contributed by atoms with van der Waals surface area (Å²) in [5.41, 5.74) is 1.81. The number of hydrogen-bond donors (Lipinski definition) is 0. The van der Waals surface area contributed by atoms with Gasteiger partial charge in [-0.05, 0) is 36.1 Å². The van der Waals surface area contributed by atoms with E-state index < -0.39 is 10.0 Å². The van der Waals surface area contributed by atoms with E-state index in [0.29, 0.717) is 6.54 Å². The minimum atomic E-state index is -3.61. The summed E-state index contributed by atoms with van der Waals surface area (Å²) < 4.78 is 27.2. The van der Waals surface area contributed by atoms with Gasteiger partial charge in [-0.15, -0.1) is 0 Å². The van der Waals surface area contributed by atoms with Crippen LogP contribution in [0.5, 0.6) is 0 Å². The first-order valence-electron chi connectivity index (χ1n) is 6.70. The Hall–Kier alpha value is -1.59. The largest absolute Gasteiger partial charge is 0.266 e. The minimum absolute atomic E-state index is 0.163. The Kier molecular flexibility index (Phi) is 3.63. The summed E-state index contributed by atoms with van der Waals surface area (Å²) in [7, 11) is -3.61. The van der Waals surface area contributed by atoms with E-state index in [1.165, 1.54) is 22.6 Å². The first-order chi connectivity index (χ1) is 9.98. The summed E-state index contributed by atoms with van der Waals surface area (Å²) >= 11 is 5.73. The van der Waals surface area contributed by atoms with Gasteiger partial charge < -0.3 is 0 Å². The van der Waals surface area contributed by atoms with Crippen LogP contribution in [0, 0.1) is 5.92 Å². The molecule has 2 heterocycles. The molecule has 1 aliphatic heterocycles. The van der Waals surface area contributed by atoms with Gasteiger partial charge in [0.25, 0.3) is 10.0 Å². The highest BCUT2D eigenvalue weighted by atomic mass is 35.5. The van der Waals surface area contributed by atoms with Crippen molar-refractivity contribution in [3.63, 3.8) is 0 Å². The van der Waals surface area contributed by atoms with Crippen LogP contribution in [-0.2, 0) is 16.4 Å². The zero-order valence-electron chi connectivity index (χ0n) is 11.5. The Labute approximate surface area is 129 Å². The molecular weight excluding hydrogens is 308 g/mol. The van der Waals surface area contributed by atoms with E-state index in [0.717, 1.165) is 17.7 Å². The molecule has 21 heavy (non-hydrogen) atoms. The third kappa shape index (κ3) is 2.63. The highest BCUT2D eigenvalue weighted by Gasteiger charge is 2.31. The van der Waals surface area contributed by atoms with Gasteiger partial charge in [0.2, 0.25) is 0 Å². The molecule has 4 nitrogen and oxygen atoms in total. The molecule has 1 aliphatic rings. The number of nitrogens with zero attached hydrogens (tertiary/aromatic N) is 2. The SMILES string of the molecule is C[C@H]1Cc2ccccc2N(S(=O)(=O)c2ccc(Cl)nc2)C1. The molecule has 0 unspecified atom stereocenters. The lowest BCUT2D eigenvalue weighted by Gasteiger charge is -2.33. The Balaban J connectivity index is 2.09. The van der Waals surface area contributed by atoms with Crippen LogP contribution in [0.1, 0.15) is 12.5 Å². The van der Waals surface area contributed by atoms with Crippen molar-refractivity contribution >= 4 is 27.3 Å². The van der Waals surface area contributed by atoms with Crippen LogP contribution in [0.15, 0.2) is 47.5 Å². The van der Waals surface area contributed by atoms with E-state index in [-0.39, 0.29) is 16.0 Å². The number of sulfonamides is 1. The quantitative estimate of drug-likeness (QED) is 0.798. The maximum atomic E-state index is 12.8. The third-order valence-electron chi connectivity index (χ3n) is 3.59. The molecule has 0 saturated carbocycles. The lowest BCUT2D eigenvalue weighted by Crippen LogP contribution is -2.39. The molecule has 6 heteroatoms. The number of aromatic nitrogens is 1. The van der Waals surface area contributed by atoms with Crippen LogP contribution >= 0.6 is 11.6 Å². The predicted molar refractivity (Wildman–Crippen MR) is 83.1 cm³/mol. The van der Waals surface area contributed by atoms with Gasteiger partial charge in [-0.1, -0.05) is 36.7 Å². The average molecular weight is 323 g/mol. The zero-order chi connectivity index (χ0) is 15.0. The molecule has 0 fully saturated rings. The molecule has 0 aliphatic carbocycles. The second kappa shape index (κ2) is 5.31. The van der Waals surface area contributed by atoms with E-state index in [1.807, 2.05) is 24.3 Å². The van der Waals surface area contributed by atoms with E-state index in [4.69, 9.17) is 11.6 Å². The average Bonchev–Trinajstić information content (AvgIpc) is 2.46. The van der Waals surface area contributed by atoms with Crippen LogP contribution in [0.4, 0.5) is 5.69 Å². The standard InChI is InChI=1S/C15H15ClN2O2S/c1-11-8-12-4-2-3-5-14(12)18(10-11)21(19,20)13-6-7-15(16)17-9-13/h2-7,9,11H,8,10H2,1H3/t11-/m0/s1. The molecule has 1 aromatic carbocycles. The van der Waals surface area contributed by atoms with Crippen molar-refractivity contribution in [3.8, 4) is 0 Å². The predicted octanol–water partition coefficient (Wildman–Crippen LogP) is 3.12. The molecule has 110 valence electrons. The third-order valence-corrected chi connectivity index (χ3v) is 5.58. The number of halogens is 1. The van der Waals surface area contributed by atoms with E-state index >= 15 is 0 Å². The number of para-hydroxylation sites is 1. The van der Waals surface area contributed by atoms with Gasteiger partial charge in [-0.25, -0.2) is 13.4 Å². The first-order valence-corrected chi connectivity index (χ1v) is 8.52. The molecule has 0 radical (unpaired) electrons. The molecule has 0 amide bonds. The minimum Gasteiger partial charge on any atom is -0.266 e. The van der Waals surface area contributed by atoms with Gasteiger partial charge >= 0.3 is 0 Å². The van der Waals surface area contributed by atoms with Crippen molar-refractivity contribution in [2.75, 3.05) is 10.8 Å². The van der Waals surface area contributed by atoms with Crippen molar-refractivity contribution in [1.29, 1.82) is 0 Å². The molecule has 3 rings (SSSR count). The summed E-state index contributed by atoms with van der Waals surface area (Å²) in [4.78, 5) is 4.04. The van der Waals surface area contributed by atoms with Crippen LogP contribution in [-0.4, -0.2) is 19.9 Å². The Bertz CT molecular complexity index is 759. The smallest absolute Gasteiger partial charge is 0.265 e. The fraction of sp³-hybridized carbons (Fsp3) is 0.267. The van der Waals surface area contributed by atoms with Crippen molar-refractivity contribution < 1.29 is 8.42 Å². The van der Waals surface area contributed by atoms with E-state index in [9.17, 15) is 8.42 Å². The van der Waals surface area contributed by atoms with Crippen LogP contribution in [0.2, 0.25) is 5.15 Å². The molecule has 1 atom stereocenters.